The summed E-state index contributed by atoms with van der Waals surface area (Å²) in [6.07, 6.45) is 2.05. The van der Waals surface area contributed by atoms with Gasteiger partial charge in [-0.1, -0.05) is 12.1 Å². The maximum atomic E-state index is 5.51. The molecule has 1 aliphatic rings. The number of aromatic nitrogens is 1. The summed E-state index contributed by atoms with van der Waals surface area (Å²) >= 11 is 1.74. The summed E-state index contributed by atoms with van der Waals surface area (Å²) in [4.78, 5) is 4.46. The Morgan fingerprint density at radius 3 is 3.21 bits per heavy atom. The lowest BCUT2D eigenvalue weighted by atomic mass is 10.1. The minimum atomic E-state index is 0.829. The van der Waals surface area contributed by atoms with Gasteiger partial charge in [-0.05, 0) is 24.1 Å². The third-order valence-electron chi connectivity index (χ3n) is 3.27. The third kappa shape index (κ3) is 3.14. The Labute approximate surface area is 117 Å². The molecule has 1 aromatic carbocycles. The average molecular weight is 274 g/mol. The van der Waals surface area contributed by atoms with Crippen LogP contribution in [-0.2, 0) is 19.4 Å². The summed E-state index contributed by atoms with van der Waals surface area (Å²) in [5, 5.41) is 6.80. The van der Waals surface area contributed by atoms with Gasteiger partial charge in [-0.3, -0.25) is 0 Å². The fourth-order valence-corrected chi connectivity index (χ4v) is 3.07. The molecule has 1 aromatic heterocycles. The van der Waals surface area contributed by atoms with E-state index < -0.39 is 0 Å². The van der Waals surface area contributed by atoms with Crippen LogP contribution in [-0.4, -0.2) is 18.1 Å². The van der Waals surface area contributed by atoms with Crippen LogP contribution in [0, 0.1) is 6.92 Å². The zero-order valence-corrected chi connectivity index (χ0v) is 11.9. The first kappa shape index (κ1) is 12.6. The van der Waals surface area contributed by atoms with Crippen molar-refractivity contribution >= 4 is 11.3 Å². The predicted molar refractivity (Wildman–Crippen MR) is 77.9 cm³/mol. The SMILES string of the molecule is Cc1csc(CCNCc2ccc3c(c2)CCO3)n1. The van der Waals surface area contributed by atoms with Crippen LogP contribution in [0.1, 0.15) is 21.8 Å². The van der Waals surface area contributed by atoms with Crippen molar-refractivity contribution in [3.05, 3.63) is 45.4 Å². The van der Waals surface area contributed by atoms with Gasteiger partial charge in [-0.15, -0.1) is 11.3 Å². The maximum Gasteiger partial charge on any atom is 0.122 e. The molecule has 2 heterocycles. The molecule has 2 aromatic rings. The first-order valence-corrected chi connectivity index (χ1v) is 7.55. The molecule has 0 bridgehead atoms. The Morgan fingerprint density at radius 1 is 1.42 bits per heavy atom. The molecule has 0 saturated carbocycles. The number of thiazole rings is 1. The molecular weight excluding hydrogens is 256 g/mol. The Balaban J connectivity index is 1.47. The second kappa shape index (κ2) is 5.72. The summed E-state index contributed by atoms with van der Waals surface area (Å²) in [7, 11) is 0. The number of nitrogens with one attached hydrogen (secondary N) is 1. The highest BCUT2D eigenvalue weighted by molar-refractivity contribution is 7.09. The second-order valence-corrected chi connectivity index (χ2v) is 5.79. The lowest BCUT2D eigenvalue weighted by Gasteiger charge is -2.05. The number of hydrogen-bond donors (Lipinski definition) is 1. The predicted octanol–water partition coefficient (Wildman–Crippen LogP) is 2.72. The molecule has 1 N–H and O–H groups in total. The van der Waals surface area contributed by atoms with Crippen LogP contribution in [0.15, 0.2) is 23.6 Å². The minimum Gasteiger partial charge on any atom is -0.493 e. The molecule has 4 heteroatoms. The van der Waals surface area contributed by atoms with Gasteiger partial charge in [0.05, 0.1) is 11.6 Å². The highest BCUT2D eigenvalue weighted by atomic mass is 32.1. The van der Waals surface area contributed by atoms with Crippen molar-refractivity contribution in [3.8, 4) is 5.75 Å². The zero-order chi connectivity index (χ0) is 13.1. The van der Waals surface area contributed by atoms with Crippen molar-refractivity contribution in [2.24, 2.45) is 0 Å². The molecule has 3 rings (SSSR count). The van der Waals surface area contributed by atoms with Crippen molar-refractivity contribution in [1.82, 2.24) is 10.3 Å². The molecule has 0 saturated heterocycles. The lowest BCUT2D eigenvalue weighted by Crippen LogP contribution is -2.16. The van der Waals surface area contributed by atoms with Crippen LogP contribution in [0.2, 0.25) is 0 Å². The fraction of sp³-hybridized carbons (Fsp3) is 0.400. The highest BCUT2D eigenvalue weighted by Crippen LogP contribution is 2.25. The van der Waals surface area contributed by atoms with E-state index in [0.717, 1.165) is 44.0 Å². The van der Waals surface area contributed by atoms with Crippen LogP contribution in [0.25, 0.3) is 0 Å². The van der Waals surface area contributed by atoms with E-state index in [9.17, 15) is 0 Å². The quantitative estimate of drug-likeness (QED) is 0.851. The van der Waals surface area contributed by atoms with Gasteiger partial charge in [-0.25, -0.2) is 4.98 Å². The van der Waals surface area contributed by atoms with Crippen LogP contribution in [0.5, 0.6) is 5.75 Å². The molecule has 100 valence electrons. The summed E-state index contributed by atoms with van der Waals surface area (Å²) in [6.45, 7) is 4.76. The van der Waals surface area contributed by atoms with Gasteiger partial charge >= 0.3 is 0 Å². The summed E-state index contributed by atoms with van der Waals surface area (Å²) in [5.74, 6) is 1.06. The molecule has 0 spiro atoms. The highest BCUT2D eigenvalue weighted by Gasteiger charge is 2.11. The molecule has 3 nitrogen and oxygen atoms in total. The fourth-order valence-electron chi connectivity index (χ4n) is 2.30. The number of rotatable bonds is 5. The van der Waals surface area contributed by atoms with E-state index in [1.807, 2.05) is 6.92 Å². The summed E-state index contributed by atoms with van der Waals surface area (Å²) in [5.41, 5.74) is 3.80. The van der Waals surface area contributed by atoms with E-state index in [1.54, 1.807) is 11.3 Å². The van der Waals surface area contributed by atoms with Crippen LogP contribution in [0.3, 0.4) is 0 Å². The first-order valence-electron chi connectivity index (χ1n) is 6.67. The van der Waals surface area contributed by atoms with Crippen molar-refractivity contribution in [1.29, 1.82) is 0 Å². The average Bonchev–Trinajstić information content (AvgIpc) is 3.03. The molecule has 1 aliphatic heterocycles. The number of fused-ring (bicyclic) bond motifs is 1. The molecule has 0 unspecified atom stereocenters. The van der Waals surface area contributed by atoms with Gasteiger partial charge in [0, 0.05) is 37.0 Å². The minimum absolute atomic E-state index is 0.829. The summed E-state index contributed by atoms with van der Waals surface area (Å²) in [6, 6.07) is 6.48. The molecule has 0 radical (unpaired) electrons. The standard InChI is InChI=1S/C15H18N2OS/c1-11-10-19-15(17-11)4-6-16-9-12-2-3-14-13(8-12)5-7-18-14/h2-3,8,10,16H,4-7,9H2,1H3. The monoisotopic (exact) mass is 274 g/mol. The Hall–Kier alpha value is -1.39. The van der Waals surface area contributed by atoms with Crippen molar-refractivity contribution in [3.63, 3.8) is 0 Å². The zero-order valence-electron chi connectivity index (χ0n) is 11.1. The largest absolute Gasteiger partial charge is 0.493 e. The van der Waals surface area contributed by atoms with E-state index in [0.29, 0.717) is 0 Å². The van der Waals surface area contributed by atoms with Crippen molar-refractivity contribution in [2.45, 2.75) is 26.3 Å². The van der Waals surface area contributed by atoms with E-state index in [1.165, 1.54) is 16.1 Å². The molecule has 0 amide bonds. The van der Waals surface area contributed by atoms with E-state index in [-0.39, 0.29) is 0 Å². The van der Waals surface area contributed by atoms with Gasteiger partial charge in [0.1, 0.15) is 5.75 Å². The van der Waals surface area contributed by atoms with Gasteiger partial charge < -0.3 is 10.1 Å². The van der Waals surface area contributed by atoms with Gasteiger partial charge in [0.15, 0.2) is 0 Å². The van der Waals surface area contributed by atoms with Crippen LogP contribution >= 0.6 is 11.3 Å². The molecule has 0 atom stereocenters. The molecular formula is C15H18N2OS. The molecule has 19 heavy (non-hydrogen) atoms. The van der Waals surface area contributed by atoms with Gasteiger partial charge in [-0.2, -0.15) is 0 Å². The topological polar surface area (TPSA) is 34.1 Å². The van der Waals surface area contributed by atoms with Crippen LogP contribution in [0.4, 0.5) is 0 Å². The van der Waals surface area contributed by atoms with Gasteiger partial charge in [0.25, 0.3) is 0 Å². The number of nitrogens with zero attached hydrogens (tertiary/aromatic N) is 1. The van der Waals surface area contributed by atoms with Crippen molar-refractivity contribution < 1.29 is 4.74 Å². The Bertz CT molecular complexity index is 565. The third-order valence-corrected chi connectivity index (χ3v) is 4.29. The number of benzene rings is 1. The molecule has 0 fully saturated rings. The smallest absolute Gasteiger partial charge is 0.122 e. The van der Waals surface area contributed by atoms with Gasteiger partial charge in [0.2, 0.25) is 0 Å². The number of hydrogen-bond acceptors (Lipinski definition) is 4. The van der Waals surface area contributed by atoms with E-state index in [2.05, 4.69) is 33.9 Å². The van der Waals surface area contributed by atoms with E-state index in [4.69, 9.17) is 4.74 Å². The Morgan fingerprint density at radius 2 is 2.37 bits per heavy atom. The lowest BCUT2D eigenvalue weighted by molar-refractivity contribution is 0.357. The molecule has 0 aliphatic carbocycles. The summed E-state index contributed by atoms with van der Waals surface area (Å²) < 4.78 is 5.51. The van der Waals surface area contributed by atoms with Crippen molar-refractivity contribution in [2.75, 3.05) is 13.2 Å². The number of ether oxygens (including phenoxy) is 1. The van der Waals surface area contributed by atoms with Crippen LogP contribution < -0.4 is 10.1 Å². The second-order valence-electron chi connectivity index (χ2n) is 4.85. The first-order chi connectivity index (χ1) is 9.31. The number of aryl methyl sites for hydroxylation is 1. The normalized spacial score (nSPS) is 13.3. The Kier molecular flexibility index (Phi) is 3.80. The van der Waals surface area contributed by atoms with E-state index >= 15 is 0 Å². The maximum absolute atomic E-state index is 5.51.